The Labute approximate surface area is 157 Å². The summed E-state index contributed by atoms with van der Waals surface area (Å²) in [5.74, 6) is -1.44. The Balaban J connectivity index is 2.11. The third kappa shape index (κ3) is 9.30. The van der Waals surface area contributed by atoms with Crippen molar-refractivity contribution in [1.82, 2.24) is 10.6 Å². The number of amides is 2. The van der Waals surface area contributed by atoms with Gasteiger partial charge in [-0.15, -0.1) is 0 Å². The highest BCUT2D eigenvalue weighted by atomic mass is 19.4. The number of hydrogen-bond donors (Lipinski definition) is 2. The van der Waals surface area contributed by atoms with Gasteiger partial charge in [-0.3, -0.25) is 9.59 Å². The second-order valence-corrected chi connectivity index (χ2v) is 7.18. The average molecular weight is 388 g/mol. The summed E-state index contributed by atoms with van der Waals surface area (Å²) in [5, 5.41) is 4.34. The summed E-state index contributed by atoms with van der Waals surface area (Å²) in [4.78, 5) is 22.2. The van der Waals surface area contributed by atoms with Crippen molar-refractivity contribution >= 4 is 11.8 Å². The molecule has 0 radical (unpaired) electrons. The molecule has 1 aromatic carbocycles. The molecule has 0 saturated heterocycles. The van der Waals surface area contributed by atoms with Gasteiger partial charge in [-0.2, -0.15) is 13.2 Å². The van der Waals surface area contributed by atoms with Crippen LogP contribution < -0.4 is 15.4 Å². The van der Waals surface area contributed by atoms with Gasteiger partial charge in [0.2, 0.25) is 5.91 Å². The van der Waals surface area contributed by atoms with Crippen LogP contribution in [0.25, 0.3) is 0 Å². The number of carbonyl (C=O) groups excluding carboxylic acids is 2. The number of ether oxygens (including phenoxy) is 1. The van der Waals surface area contributed by atoms with Crippen LogP contribution in [0.15, 0.2) is 24.3 Å². The zero-order valence-electron chi connectivity index (χ0n) is 15.9. The predicted octanol–water partition coefficient (Wildman–Crippen LogP) is 3.33. The maximum atomic E-state index is 12.0. The van der Waals surface area contributed by atoms with Crippen LogP contribution in [0.2, 0.25) is 0 Å². The lowest BCUT2D eigenvalue weighted by atomic mass is 9.87. The molecule has 0 bridgehead atoms. The molecule has 0 atom stereocenters. The molecule has 0 spiro atoms. The van der Waals surface area contributed by atoms with Crippen LogP contribution in [0.4, 0.5) is 13.2 Å². The smallest absolute Gasteiger partial charge is 0.471 e. The van der Waals surface area contributed by atoms with Gasteiger partial charge < -0.3 is 15.4 Å². The average Bonchev–Trinajstić information content (AvgIpc) is 2.57. The molecular weight excluding hydrogens is 361 g/mol. The fourth-order valence-electron chi connectivity index (χ4n) is 2.18. The summed E-state index contributed by atoms with van der Waals surface area (Å²) in [6, 6.07) is 7.82. The first-order valence-electron chi connectivity index (χ1n) is 8.85. The van der Waals surface area contributed by atoms with E-state index in [1.165, 1.54) is 5.56 Å². The van der Waals surface area contributed by atoms with Crippen LogP contribution in [-0.4, -0.2) is 37.7 Å². The highest BCUT2D eigenvalue weighted by Gasteiger charge is 2.38. The molecule has 8 heteroatoms. The maximum Gasteiger partial charge on any atom is 0.471 e. The van der Waals surface area contributed by atoms with Crippen molar-refractivity contribution < 1.29 is 27.5 Å². The minimum absolute atomic E-state index is 0.0756. The quantitative estimate of drug-likeness (QED) is 0.638. The number of rotatable bonds is 9. The van der Waals surface area contributed by atoms with E-state index in [0.717, 1.165) is 5.75 Å². The van der Waals surface area contributed by atoms with Gasteiger partial charge in [-0.1, -0.05) is 32.9 Å². The standard InChI is InChI=1S/C19H27F3N2O3/c1-18(2,3)14-7-9-15(10-8-14)27-13-4-6-16(25)23-11-5-12-24-17(26)19(20,21)22/h7-10H,4-6,11-13H2,1-3H3,(H,23,25)(H,24,26). The molecule has 27 heavy (non-hydrogen) atoms. The molecule has 0 aliphatic rings. The second kappa shape index (κ2) is 10.2. The minimum atomic E-state index is -4.88. The fourth-order valence-corrected chi connectivity index (χ4v) is 2.18. The molecule has 152 valence electrons. The van der Waals surface area contributed by atoms with Crippen LogP contribution in [0.5, 0.6) is 5.75 Å². The van der Waals surface area contributed by atoms with Crippen molar-refractivity contribution in [3.63, 3.8) is 0 Å². The van der Waals surface area contributed by atoms with E-state index in [0.29, 0.717) is 13.0 Å². The molecule has 5 nitrogen and oxygen atoms in total. The Morgan fingerprint density at radius 1 is 0.963 bits per heavy atom. The zero-order valence-corrected chi connectivity index (χ0v) is 15.9. The predicted molar refractivity (Wildman–Crippen MR) is 96.6 cm³/mol. The van der Waals surface area contributed by atoms with E-state index in [4.69, 9.17) is 4.74 Å². The van der Waals surface area contributed by atoms with Crippen molar-refractivity contribution in [2.45, 2.75) is 51.6 Å². The van der Waals surface area contributed by atoms with E-state index in [9.17, 15) is 22.8 Å². The van der Waals surface area contributed by atoms with E-state index in [1.54, 1.807) is 5.32 Å². The molecule has 0 unspecified atom stereocenters. The second-order valence-electron chi connectivity index (χ2n) is 7.18. The van der Waals surface area contributed by atoms with Crippen molar-refractivity contribution in [1.29, 1.82) is 0 Å². The molecule has 1 rings (SSSR count). The molecule has 0 aliphatic carbocycles. The third-order valence-corrected chi connectivity index (χ3v) is 3.76. The first-order chi connectivity index (χ1) is 12.5. The summed E-state index contributed by atoms with van der Waals surface area (Å²) in [6.07, 6.45) is -3.87. The first kappa shape index (κ1) is 22.8. The van der Waals surface area contributed by atoms with Crippen molar-refractivity contribution in [2.75, 3.05) is 19.7 Å². The lowest BCUT2D eigenvalue weighted by Crippen LogP contribution is -2.38. The van der Waals surface area contributed by atoms with E-state index < -0.39 is 12.1 Å². The van der Waals surface area contributed by atoms with Crippen molar-refractivity contribution in [3.8, 4) is 5.75 Å². The summed E-state index contributed by atoms with van der Waals surface area (Å²) in [5.41, 5.74) is 1.28. The molecule has 2 N–H and O–H groups in total. The van der Waals surface area contributed by atoms with Gasteiger partial charge in [0.15, 0.2) is 0 Å². The highest BCUT2D eigenvalue weighted by molar-refractivity contribution is 5.81. The highest BCUT2D eigenvalue weighted by Crippen LogP contribution is 2.24. The van der Waals surface area contributed by atoms with Gasteiger partial charge >= 0.3 is 12.1 Å². The SMILES string of the molecule is CC(C)(C)c1ccc(OCCCC(=O)NCCCNC(=O)C(F)(F)F)cc1. The van der Waals surface area contributed by atoms with E-state index in [-0.39, 0.29) is 37.3 Å². The van der Waals surface area contributed by atoms with Crippen LogP contribution in [0.1, 0.15) is 45.6 Å². The van der Waals surface area contributed by atoms with Crippen LogP contribution in [-0.2, 0) is 15.0 Å². The van der Waals surface area contributed by atoms with Gasteiger partial charge in [0.25, 0.3) is 0 Å². The molecule has 0 fully saturated rings. The lowest BCUT2D eigenvalue weighted by molar-refractivity contribution is -0.173. The summed E-state index contributed by atoms with van der Waals surface area (Å²) >= 11 is 0. The van der Waals surface area contributed by atoms with Gasteiger partial charge in [0.05, 0.1) is 6.61 Å². The zero-order chi connectivity index (χ0) is 20.5. The van der Waals surface area contributed by atoms with Gasteiger partial charge in [0, 0.05) is 19.5 Å². The Morgan fingerprint density at radius 2 is 1.56 bits per heavy atom. The number of halogens is 3. The van der Waals surface area contributed by atoms with Gasteiger partial charge in [0.1, 0.15) is 5.75 Å². The number of hydrogen-bond acceptors (Lipinski definition) is 3. The van der Waals surface area contributed by atoms with Crippen LogP contribution in [0.3, 0.4) is 0 Å². The number of nitrogens with one attached hydrogen (secondary N) is 2. The minimum Gasteiger partial charge on any atom is -0.494 e. The maximum absolute atomic E-state index is 12.0. The number of alkyl halides is 3. The summed E-state index contributed by atoms with van der Waals surface area (Å²) < 4.78 is 41.5. The topological polar surface area (TPSA) is 67.4 Å². The Hall–Kier alpha value is -2.25. The fraction of sp³-hybridized carbons (Fsp3) is 0.579. The van der Waals surface area contributed by atoms with Gasteiger partial charge in [-0.05, 0) is 36.0 Å². The molecule has 0 saturated carbocycles. The van der Waals surface area contributed by atoms with Crippen LogP contribution >= 0.6 is 0 Å². The van der Waals surface area contributed by atoms with E-state index in [1.807, 2.05) is 24.3 Å². The Bertz CT molecular complexity index is 608. The van der Waals surface area contributed by atoms with E-state index >= 15 is 0 Å². The normalized spacial score (nSPS) is 11.8. The Morgan fingerprint density at radius 3 is 2.11 bits per heavy atom. The van der Waals surface area contributed by atoms with Gasteiger partial charge in [-0.25, -0.2) is 0 Å². The molecule has 0 heterocycles. The third-order valence-electron chi connectivity index (χ3n) is 3.76. The largest absolute Gasteiger partial charge is 0.494 e. The Kier molecular flexibility index (Phi) is 8.59. The van der Waals surface area contributed by atoms with Crippen LogP contribution in [0, 0.1) is 0 Å². The van der Waals surface area contributed by atoms with Crippen molar-refractivity contribution in [3.05, 3.63) is 29.8 Å². The molecular formula is C19H27F3N2O3. The van der Waals surface area contributed by atoms with Crippen molar-refractivity contribution in [2.24, 2.45) is 0 Å². The summed E-state index contributed by atoms with van der Waals surface area (Å²) in [7, 11) is 0. The molecule has 0 aromatic heterocycles. The molecule has 0 aliphatic heterocycles. The monoisotopic (exact) mass is 388 g/mol. The summed E-state index contributed by atoms with van der Waals surface area (Å²) in [6.45, 7) is 6.84. The number of carbonyl (C=O) groups is 2. The number of benzene rings is 1. The lowest BCUT2D eigenvalue weighted by Gasteiger charge is -2.19. The molecule has 1 aromatic rings. The van der Waals surface area contributed by atoms with E-state index in [2.05, 4.69) is 26.1 Å². The first-order valence-corrected chi connectivity index (χ1v) is 8.85. The molecule has 2 amide bonds.